The van der Waals surface area contributed by atoms with Gasteiger partial charge >= 0.3 is 6.18 Å². The number of nitrogens with zero attached hydrogens (tertiary/aromatic N) is 3. The van der Waals surface area contributed by atoms with Gasteiger partial charge in [0.1, 0.15) is 11.8 Å². The van der Waals surface area contributed by atoms with Gasteiger partial charge < -0.3 is 20.9 Å². The number of carbonyl (C=O) groups is 3. The number of carbonyl (C=O) groups excluding carboxylic acids is 3. The van der Waals surface area contributed by atoms with Gasteiger partial charge in [-0.15, -0.1) is 0 Å². The average molecular weight is 603 g/mol. The predicted molar refractivity (Wildman–Crippen MR) is 159 cm³/mol. The van der Waals surface area contributed by atoms with E-state index in [1.807, 2.05) is 24.3 Å². The molecule has 4 N–H and O–H groups in total. The van der Waals surface area contributed by atoms with E-state index in [4.69, 9.17) is 5.73 Å². The van der Waals surface area contributed by atoms with Gasteiger partial charge in [0.25, 0.3) is 11.8 Å². The maximum absolute atomic E-state index is 13.7. The Hall–Kier alpha value is -5.26. The summed E-state index contributed by atoms with van der Waals surface area (Å²) in [5, 5.41) is 5.26. The third kappa shape index (κ3) is 6.69. The number of aromatic nitrogens is 2. The number of primary amides is 1. The van der Waals surface area contributed by atoms with Crippen LogP contribution in [-0.4, -0.2) is 39.0 Å². The Morgan fingerprint density at radius 1 is 1.00 bits per heavy atom. The molecule has 1 aromatic heterocycles. The van der Waals surface area contributed by atoms with Crippen molar-refractivity contribution in [3.8, 4) is 5.69 Å². The first-order chi connectivity index (χ1) is 20.9. The molecule has 0 spiro atoms. The highest BCUT2D eigenvalue weighted by Gasteiger charge is 2.32. The van der Waals surface area contributed by atoms with E-state index in [1.165, 1.54) is 30.1 Å². The van der Waals surface area contributed by atoms with Crippen molar-refractivity contribution >= 4 is 29.1 Å². The topological polar surface area (TPSA) is 131 Å². The molecule has 1 aliphatic rings. The van der Waals surface area contributed by atoms with Gasteiger partial charge in [-0.05, 0) is 73.7 Å². The molecular weight excluding hydrogens is 573 g/mol. The molecule has 0 fully saturated rings. The second-order valence-electron chi connectivity index (χ2n) is 10.6. The summed E-state index contributed by atoms with van der Waals surface area (Å²) in [6.45, 7) is 3.56. The smallest absolute Gasteiger partial charge is 0.368 e. The number of hydrogen-bond donors (Lipinski definition) is 3. The number of alkyl halides is 3. The highest BCUT2D eigenvalue weighted by atomic mass is 19.4. The first-order valence-electron chi connectivity index (χ1n) is 13.8. The lowest BCUT2D eigenvalue weighted by Gasteiger charge is -2.14. The van der Waals surface area contributed by atoms with Gasteiger partial charge in [0.15, 0.2) is 0 Å². The van der Waals surface area contributed by atoms with Crippen LogP contribution in [0.3, 0.4) is 0 Å². The molecular formula is C32H29F3N6O3. The molecule has 1 aliphatic heterocycles. The second kappa shape index (κ2) is 12.2. The second-order valence-corrected chi connectivity index (χ2v) is 10.6. The van der Waals surface area contributed by atoms with Crippen molar-refractivity contribution in [3.05, 3.63) is 112 Å². The van der Waals surface area contributed by atoms with E-state index in [-0.39, 0.29) is 17.0 Å². The largest absolute Gasteiger partial charge is 0.416 e. The lowest BCUT2D eigenvalue weighted by atomic mass is 9.98. The number of nitrogens with one attached hydrogen (secondary N) is 2. The summed E-state index contributed by atoms with van der Waals surface area (Å²) in [7, 11) is 0. The van der Waals surface area contributed by atoms with Crippen molar-refractivity contribution in [2.75, 3.05) is 5.32 Å². The Bertz CT molecular complexity index is 1790. The number of imidazole rings is 1. The van der Waals surface area contributed by atoms with Crippen molar-refractivity contribution < 1.29 is 27.6 Å². The molecule has 226 valence electrons. The van der Waals surface area contributed by atoms with Gasteiger partial charge in [-0.3, -0.25) is 19.4 Å². The summed E-state index contributed by atoms with van der Waals surface area (Å²) < 4.78 is 42.5. The Balaban J connectivity index is 1.26. The number of aliphatic imine (C=N–C) groups is 1. The molecule has 5 rings (SSSR count). The van der Waals surface area contributed by atoms with Crippen molar-refractivity contribution in [2.45, 2.75) is 45.5 Å². The number of aryl methyl sites for hydroxylation is 3. The molecule has 4 aromatic rings. The van der Waals surface area contributed by atoms with Gasteiger partial charge in [-0.1, -0.05) is 30.3 Å². The molecule has 0 saturated heterocycles. The standard InChI is InChI=1S/C32H29F3N6O3/c1-18-15-37-17-41(18)26-13-22(12-24(14-26)32(33,34)35)30(43)40-25-5-3-4-20(11-25)6-7-21-8-9-27-23(10-21)16-38-28(27)31(44)39-19(2)29(36)42/h3-5,8-15,17,19H,6-7,16H2,1-2H3,(H2,36,42)(H,39,44)(H,40,43)/t19-/m0/s1. The Kier molecular flexibility index (Phi) is 8.34. The molecule has 0 unspecified atom stereocenters. The number of anilines is 1. The zero-order valence-corrected chi connectivity index (χ0v) is 23.9. The van der Waals surface area contributed by atoms with Gasteiger partial charge in [0, 0.05) is 34.4 Å². The number of amides is 3. The molecule has 0 aliphatic carbocycles. The van der Waals surface area contributed by atoms with Crippen LogP contribution in [0.4, 0.5) is 18.9 Å². The summed E-state index contributed by atoms with van der Waals surface area (Å²) in [4.78, 5) is 45.2. The summed E-state index contributed by atoms with van der Waals surface area (Å²) in [6, 6.07) is 15.2. The van der Waals surface area contributed by atoms with Crippen molar-refractivity contribution in [1.29, 1.82) is 0 Å². The molecule has 2 heterocycles. The molecule has 0 radical (unpaired) electrons. The average Bonchev–Trinajstić information content (AvgIpc) is 3.61. The fourth-order valence-electron chi connectivity index (χ4n) is 4.92. The lowest BCUT2D eigenvalue weighted by molar-refractivity contribution is -0.137. The Labute approximate surface area is 251 Å². The van der Waals surface area contributed by atoms with Crippen molar-refractivity contribution in [3.63, 3.8) is 0 Å². The zero-order valence-electron chi connectivity index (χ0n) is 23.9. The number of fused-ring (bicyclic) bond motifs is 1. The van der Waals surface area contributed by atoms with Crippen LogP contribution in [0.15, 0.2) is 78.2 Å². The van der Waals surface area contributed by atoms with E-state index in [1.54, 1.807) is 25.1 Å². The fourth-order valence-corrected chi connectivity index (χ4v) is 4.92. The number of benzene rings is 3. The number of hydrogen-bond acceptors (Lipinski definition) is 5. The summed E-state index contributed by atoms with van der Waals surface area (Å²) in [5.41, 5.74) is 9.21. The van der Waals surface area contributed by atoms with Crippen LogP contribution in [0, 0.1) is 6.92 Å². The third-order valence-corrected chi connectivity index (χ3v) is 7.32. The molecule has 0 bridgehead atoms. The van der Waals surface area contributed by atoms with Crippen molar-refractivity contribution in [2.24, 2.45) is 10.7 Å². The monoisotopic (exact) mass is 602 g/mol. The van der Waals surface area contributed by atoms with Crippen LogP contribution in [0.2, 0.25) is 0 Å². The van der Waals surface area contributed by atoms with E-state index < -0.39 is 35.5 Å². The van der Waals surface area contributed by atoms with E-state index in [0.29, 0.717) is 36.3 Å². The van der Waals surface area contributed by atoms with E-state index in [2.05, 4.69) is 20.6 Å². The molecule has 3 amide bonds. The van der Waals surface area contributed by atoms with Crippen molar-refractivity contribution in [1.82, 2.24) is 14.9 Å². The minimum atomic E-state index is -4.64. The van der Waals surface area contributed by atoms with Gasteiger partial charge in [0.05, 0.1) is 18.4 Å². The zero-order chi connectivity index (χ0) is 31.6. The van der Waals surface area contributed by atoms with Crippen LogP contribution in [0.1, 0.15) is 50.8 Å². The minimum Gasteiger partial charge on any atom is -0.368 e. The first-order valence-corrected chi connectivity index (χ1v) is 13.8. The Morgan fingerprint density at radius 2 is 1.75 bits per heavy atom. The van der Waals surface area contributed by atoms with Crippen LogP contribution in [0.25, 0.3) is 5.69 Å². The summed E-state index contributed by atoms with van der Waals surface area (Å²) >= 11 is 0. The maximum atomic E-state index is 13.7. The van der Waals surface area contributed by atoms with Crippen LogP contribution >= 0.6 is 0 Å². The summed E-state index contributed by atoms with van der Waals surface area (Å²) in [6.07, 6.45) is -0.438. The highest BCUT2D eigenvalue weighted by Crippen LogP contribution is 2.32. The molecule has 1 atom stereocenters. The molecule has 12 heteroatoms. The summed E-state index contributed by atoms with van der Waals surface area (Å²) in [5.74, 6) is -1.77. The van der Waals surface area contributed by atoms with E-state index in [0.717, 1.165) is 28.8 Å². The van der Waals surface area contributed by atoms with E-state index >= 15 is 0 Å². The van der Waals surface area contributed by atoms with Gasteiger partial charge in [0.2, 0.25) is 5.91 Å². The quantitative estimate of drug-likeness (QED) is 0.260. The normalized spacial score (nSPS) is 13.2. The highest BCUT2D eigenvalue weighted by molar-refractivity contribution is 6.46. The number of halogens is 3. The predicted octanol–water partition coefficient (Wildman–Crippen LogP) is 4.53. The Morgan fingerprint density at radius 3 is 2.43 bits per heavy atom. The van der Waals surface area contributed by atoms with Gasteiger partial charge in [-0.2, -0.15) is 13.2 Å². The van der Waals surface area contributed by atoms with Crippen LogP contribution in [0.5, 0.6) is 0 Å². The number of rotatable bonds is 9. The van der Waals surface area contributed by atoms with E-state index in [9.17, 15) is 27.6 Å². The molecule has 0 saturated carbocycles. The molecule has 44 heavy (non-hydrogen) atoms. The van der Waals surface area contributed by atoms with Crippen LogP contribution < -0.4 is 16.4 Å². The fraction of sp³-hybridized carbons (Fsp3) is 0.219. The maximum Gasteiger partial charge on any atom is 0.416 e. The SMILES string of the molecule is Cc1cncn1-c1cc(C(=O)Nc2cccc(CCc3ccc4c(c3)CN=C4C(=O)N[C@@H](C)C(N)=O)c2)cc(C(F)(F)F)c1. The minimum absolute atomic E-state index is 0.133. The molecule has 9 nitrogen and oxygen atoms in total. The van der Waals surface area contributed by atoms with Gasteiger partial charge in [-0.25, -0.2) is 4.98 Å². The molecule has 3 aromatic carbocycles. The first kappa shape index (κ1) is 30.2. The van der Waals surface area contributed by atoms with Crippen LogP contribution in [-0.2, 0) is 35.2 Å². The number of nitrogens with two attached hydrogens (primary N) is 1. The lowest BCUT2D eigenvalue weighted by Crippen LogP contribution is -2.44. The third-order valence-electron chi connectivity index (χ3n) is 7.32.